The fraction of sp³-hybridized carbons (Fsp3) is 0.138. The molecule has 2 aromatic heterocycles. The molecule has 0 aliphatic rings. The van der Waals surface area contributed by atoms with Crippen molar-refractivity contribution in [2.45, 2.75) is 6.42 Å². The van der Waals surface area contributed by atoms with Crippen molar-refractivity contribution in [2.75, 3.05) is 13.6 Å². The van der Waals surface area contributed by atoms with E-state index in [1.54, 1.807) is 11.1 Å². The van der Waals surface area contributed by atoms with Crippen molar-refractivity contribution in [1.29, 1.82) is 0 Å². The molecule has 0 saturated carbocycles. The second-order valence-electron chi connectivity index (χ2n) is 8.44. The van der Waals surface area contributed by atoms with Gasteiger partial charge in [0, 0.05) is 50.1 Å². The number of amides is 1. The topological polar surface area (TPSA) is 60.3 Å². The Morgan fingerprint density at radius 2 is 1.66 bits per heavy atom. The molecule has 6 heteroatoms. The van der Waals surface area contributed by atoms with Gasteiger partial charge in [-0.15, -0.1) is 0 Å². The molecule has 0 bridgehead atoms. The number of carbonyl (C=O) groups excluding carboxylic acids is 1. The van der Waals surface area contributed by atoms with E-state index < -0.39 is 0 Å². The molecule has 0 atom stereocenters. The lowest BCUT2D eigenvalue weighted by atomic mass is 10.1. The fourth-order valence-corrected chi connectivity index (χ4v) is 4.04. The molecule has 2 heterocycles. The molecule has 0 radical (unpaired) electrons. The minimum Gasteiger partial charge on any atom is -0.457 e. The van der Waals surface area contributed by atoms with Crippen molar-refractivity contribution in [3.05, 3.63) is 108 Å². The Kier molecular flexibility index (Phi) is 6.26. The van der Waals surface area contributed by atoms with Gasteiger partial charge in [-0.25, -0.2) is 4.98 Å². The van der Waals surface area contributed by atoms with Gasteiger partial charge in [0.05, 0.1) is 11.0 Å². The summed E-state index contributed by atoms with van der Waals surface area (Å²) in [4.78, 5) is 23.9. The first-order chi connectivity index (χ1) is 17.1. The number of aromatic nitrogens is 3. The van der Waals surface area contributed by atoms with Crippen LogP contribution in [0, 0.1) is 0 Å². The number of ether oxygens (including phenoxy) is 1. The smallest absolute Gasteiger partial charge is 0.253 e. The van der Waals surface area contributed by atoms with Crippen LogP contribution in [-0.4, -0.2) is 38.9 Å². The maximum Gasteiger partial charge on any atom is 0.253 e. The van der Waals surface area contributed by atoms with Crippen LogP contribution in [0.25, 0.3) is 22.4 Å². The molecule has 0 unspecified atom stereocenters. The Labute approximate surface area is 204 Å². The number of nitrogens with zero attached hydrogens (tertiary/aromatic N) is 4. The van der Waals surface area contributed by atoms with Crippen LogP contribution in [0.15, 0.2) is 97.2 Å². The first-order valence-electron chi connectivity index (χ1n) is 11.5. The predicted molar refractivity (Wildman–Crippen MR) is 138 cm³/mol. The minimum atomic E-state index is -0.0301. The molecular formula is C29H26N4O2. The van der Waals surface area contributed by atoms with Crippen molar-refractivity contribution in [1.82, 2.24) is 19.4 Å². The van der Waals surface area contributed by atoms with Crippen molar-refractivity contribution in [2.24, 2.45) is 7.05 Å². The van der Waals surface area contributed by atoms with Gasteiger partial charge in [-0.3, -0.25) is 9.78 Å². The summed E-state index contributed by atoms with van der Waals surface area (Å²) in [7, 11) is 3.80. The highest BCUT2D eigenvalue weighted by Gasteiger charge is 2.16. The molecule has 6 nitrogen and oxygen atoms in total. The summed E-state index contributed by atoms with van der Waals surface area (Å²) in [5.74, 6) is 2.36. The number of benzene rings is 3. The fourth-order valence-electron chi connectivity index (χ4n) is 4.04. The van der Waals surface area contributed by atoms with Crippen LogP contribution < -0.4 is 4.74 Å². The van der Waals surface area contributed by atoms with Gasteiger partial charge in [-0.2, -0.15) is 0 Å². The highest BCUT2D eigenvalue weighted by Crippen LogP contribution is 2.28. The van der Waals surface area contributed by atoms with Crippen LogP contribution in [0.2, 0.25) is 0 Å². The third kappa shape index (κ3) is 4.92. The summed E-state index contributed by atoms with van der Waals surface area (Å²) in [5, 5.41) is 0. The zero-order valence-corrected chi connectivity index (χ0v) is 19.8. The Morgan fingerprint density at radius 3 is 2.40 bits per heavy atom. The predicted octanol–water partition coefficient (Wildman–Crippen LogP) is 5.74. The van der Waals surface area contributed by atoms with Gasteiger partial charge in [0.2, 0.25) is 0 Å². The number of hydrogen-bond donors (Lipinski definition) is 0. The van der Waals surface area contributed by atoms with Gasteiger partial charge in [0.25, 0.3) is 5.91 Å². The molecule has 0 aliphatic heterocycles. The van der Waals surface area contributed by atoms with Crippen LogP contribution in [0.3, 0.4) is 0 Å². The molecule has 0 saturated heterocycles. The van der Waals surface area contributed by atoms with Crippen molar-refractivity contribution in [3.63, 3.8) is 0 Å². The third-order valence-electron chi connectivity index (χ3n) is 6.00. The van der Waals surface area contributed by atoms with Crippen LogP contribution in [-0.2, 0) is 13.5 Å². The molecular weight excluding hydrogens is 436 g/mol. The van der Waals surface area contributed by atoms with Gasteiger partial charge < -0.3 is 14.2 Å². The molecule has 174 valence electrons. The van der Waals surface area contributed by atoms with Crippen molar-refractivity contribution in [3.8, 4) is 22.9 Å². The number of para-hydroxylation sites is 1. The molecule has 0 aliphatic carbocycles. The van der Waals surface area contributed by atoms with Gasteiger partial charge in [0.15, 0.2) is 0 Å². The van der Waals surface area contributed by atoms with E-state index in [4.69, 9.17) is 9.72 Å². The second-order valence-corrected chi connectivity index (χ2v) is 8.44. The molecule has 3 aromatic carbocycles. The van der Waals surface area contributed by atoms with E-state index in [2.05, 4.69) is 4.98 Å². The molecule has 1 amide bonds. The van der Waals surface area contributed by atoms with Gasteiger partial charge in [-0.05, 0) is 66.7 Å². The number of carbonyl (C=O) groups is 1. The zero-order valence-electron chi connectivity index (χ0n) is 19.8. The highest BCUT2D eigenvalue weighted by atomic mass is 16.5. The molecule has 35 heavy (non-hydrogen) atoms. The molecule has 5 rings (SSSR count). The average Bonchev–Trinajstić information content (AvgIpc) is 3.24. The third-order valence-corrected chi connectivity index (χ3v) is 6.00. The van der Waals surface area contributed by atoms with E-state index >= 15 is 0 Å². The van der Waals surface area contributed by atoms with Crippen molar-refractivity contribution >= 4 is 16.9 Å². The number of fused-ring (bicyclic) bond motifs is 1. The quantitative estimate of drug-likeness (QED) is 0.309. The van der Waals surface area contributed by atoms with Crippen LogP contribution in [0.4, 0.5) is 0 Å². The van der Waals surface area contributed by atoms with E-state index in [0.29, 0.717) is 18.5 Å². The first kappa shape index (κ1) is 22.3. The van der Waals surface area contributed by atoms with E-state index in [9.17, 15) is 4.79 Å². The van der Waals surface area contributed by atoms with E-state index in [0.717, 1.165) is 39.6 Å². The standard InChI is InChI=1S/C29H26N4O2/c1-32(19-17-23-8-6-7-18-30-23)29(34)22-13-16-27-26(20-22)31-28(33(27)2)21-11-14-25(15-12-21)35-24-9-4-3-5-10-24/h3-16,18,20H,17,19H2,1-2H3. The summed E-state index contributed by atoms with van der Waals surface area (Å²) in [6, 6.07) is 29.1. The molecule has 0 spiro atoms. The Hall–Kier alpha value is -4.45. The maximum atomic E-state index is 13.0. The van der Waals surface area contributed by atoms with E-state index in [-0.39, 0.29) is 5.91 Å². The molecule has 0 fully saturated rings. The lowest BCUT2D eigenvalue weighted by Crippen LogP contribution is -2.29. The normalized spacial score (nSPS) is 10.9. The lowest BCUT2D eigenvalue weighted by molar-refractivity contribution is 0.0796. The number of likely N-dealkylation sites (N-methyl/N-ethyl adjacent to an activating group) is 1. The largest absolute Gasteiger partial charge is 0.457 e. The number of hydrogen-bond acceptors (Lipinski definition) is 4. The summed E-state index contributed by atoms with van der Waals surface area (Å²) >= 11 is 0. The summed E-state index contributed by atoms with van der Waals surface area (Å²) in [6.45, 7) is 0.596. The highest BCUT2D eigenvalue weighted by molar-refractivity contribution is 5.97. The molecule has 0 N–H and O–H groups in total. The van der Waals surface area contributed by atoms with Crippen LogP contribution in [0.1, 0.15) is 16.1 Å². The Bertz CT molecular complexity index is 1450. The summed E-state index contributed by atoms with van der Waals surface area (Å²) in [6.07, 6.45) is 2.48. The van der Waals surface area contributed by atoms with E-state index in [1.165, 1.54) is 0 Å². The lowest BCUT2D eigenvalue weighted by Gasteiger charge is -2.17. The number of imidazole rings is 1. The molecule has 5 aromatic rings. The number of aryl methyl sites for hydroxylation is 1. The Balaban J connectivity index is 1.33. The van der Waals surface area contributed by atoms with Gasteiger partial charge >= 0.3 is 0 Å². The van der Waals surface area contributed by atoms with Gasteiger partial charge in [-0.1, -0.05) is 24.3 Å². The second kappa shape index (κ2) is 9.81. The average molecular weight is 463 g/mol. The maximum absolute atomic E-state index is 13.0. The minimum absolute atomic E-state index is 0.0301. The zero-order chi connectivity index (χ0) is 24.2. The van der Waals surface area contributed by atoms with Crippen LogP contribution in [0.5, 0.6) is 11.5 Å². The number of rotatable bonds is 7. The first-order valence-corrected chi connectivity index (χ1v) is 11.5. The van der Waals surface area contributed by atoms with Crippen molar-refractivity contribution < 1.29 is 9.53 Å². The summed E-state index contributed by atoms with van der Waals surface area (Å²) < 4.78 is 7.94. The summed E-state index contributed by atoms with van der Waals surface area (Å²) in [5.41, 5.74) is 4.33. The number of pyridine rings is 1. The van der Waals surface area contributed by atoms with E-state index in [1.807, 2.05) is 110 Å². The Morgan fingerprint density at radius 1 is 0.914 bits per heavy atom. The van der Waals surface area contributed by atoms with Gasteiger partial charge in [0.1, 0.15) is 17.3 Å². The SMILES string of the molecule is CN(CCc1ccccn1)C(=O)c1ccc2c(c1)nc(-c1ccc(Oc3ccccc3)cc1)n2C. The van der Waals surface area contributed by atoms with Crippen LogP contribution >= 0.6 is 0 Å². The monoisotopic (exact) mass is 462 g/mol.